The Morgan fingerprint density at radius 3 is 2.66 bits per heavy atom. The van der Waals surface area contributed by atoms with Gasteiger partial charge in [-0.05, 0) is 51.3 Å². The molecule has 0 atom stereocenters. The standard InChI is InChI=1S/C27H33N7O/c1-17(2)34-27(29-18(3)31-34)23-16-33-12-13-35-24-14-20(10-11-21(24)26(33)30-23)22-15-28-32(4)25(22)19-8-6-5-7-9-19/h10-11,14-17,19H,5-9,12-13H2,1-4H3. The molecule has 35 heavy (non-hydrogen) atoms. The normalized spacial score (nSPS) is 16.1. The summed E-state index contributed by atoms with van der Waals surface area (Å²) in [6.45, 7) is 7.49. The van der Waals surface area contributed by atoms with Gasteiger partial charge in [0.05, 0.1) is 18.3 Å². The van der Waals surface area contributed by atoms with E-state index in [1.165, 1.54) is 43.4 Å². The molecule has 6 rings (SSSR count). The van der Waals surface area contributed by atoms with Gasteiger partial charge in [-0.2, -0.15) is 10.2 Å². The number of aromatic nitrogens is 7. The second-order valence-corrected chi connectivity index (χ2v) is 10.1. The van der Waals surface area contributed by atoms with Crippen molar-refractivity contribution in [1.82, 2.24) is 34.1 Å². The van der Waals surface area contributed by atoms with Crippen LogP contribution >= 0.6 is 0 Å². The third kappa shape index (κ3) is 3.85. The zero-order valence-corrected chi connectivity index (χ0v) is 21.0. The zero-order valence-electron chi connectivity index (χ0n) is 21.0. The van der Waals surface area contributed by atoms with Crippen LogP contribution in [-0.4, -0.2) is 40.7 Å². The van der Waals surface area contributed by atoms with Crippen molar-refractivity contribution >= 4 is 0 Å². The van der Waals surface area contributed by atoms with Crippen LogP contribution in [0.5, 0.6) is 5.75 Å². The lowest BCUT2D eigenvalue weighted by Crippen LogP contribution is -2.10. The first-order chi connectivity index (χ1) is 17.0. The van der Waals surface area contributed by atoms with Gasteiger partial charge in [-0.15, -0.1) is 0 Å². The largest absolute Gasteiger partial charge is 0.491 e. The quantitative estimate of drug-likeness (QED) is 0.391. The first kappa shape index (κ1) is 22.1. The van der Waals surface area contributed by atoms with Gasteiger partial charge >= 0.3 is 0 Å². The van der Waals surface area contributed by atoms with Crippen molar-refractivity contribution < 1.29 is 4.74 Å². The average Bonchev–Trinajstić information content (AvgIpc) is 3.53. The van der Waals surface area contributed by atoms with E-state index in [0.717, 1.165) is 46.6 Å². The van der Waals surface area contributed by atoms with Crippen LogP contribution in [-0.2, 0) is 13.6 Å². The van der Waals surface area contributed by atoms with Crippen molar-refractivity contribution in [2.24, 2.45) is 7.05 Å². The van der Waals surface area contributed by atoms with Crippen molar-refractivity contribution in [3.8, 4) is 39.8 Å². The van der Waals surface area contributed by atoms with Crippen LogP contribution in [0.1, 0.15) is 69.4 Å². The van der Waals surface area contributed by atoms with E-state index in [9.17, 15) is 0 Å². The highest BCUT2D eigenvalue weighted by Crippen LogP contribution is 2.41. The molecular weight excluding hydrogens is 438 g/mol. The van der Waals surface area contributed by atoms with E-state index in [2.05, 4.69) is 69.7 Å². The monoisotopic (exact) mass is 471 g/mol. The summed E-state index contributed by atoms with van der Waals surface area (Å²) < 4.78 is 12.4. The van der Waals surface area contributed by atoms with Gasteiger partial charge in [-0.25, -0.2) is 14.6 Å². The van der Waals surface area contributed by atoms with Gasteiger partial charge in [0.2, 0.25) is 0 Å². The van der Waals surface area contributed by atoms with Gasteiger partial charge in [-0.1, -0.05) is 25.3 Å². The van der Waals surface area contributed by atoms with E-state index in [-0.39, 0.29) is 6.04 Å². The number of ether oxygens (including phenoxy) is 1. The van der Waals surface area contributed by atoms with Gasteiger partial charge in [0.1, 0.15) is 29.7 Å². The van der Waals surface area contributed by atoms with Crippen molar-refractivity contribution in [2.45, 2.75) is 71.4 Å². The fourth-order valence-electron chi connectivity index (χ4n) is 5.65. The molecule has 2 aliphatic rings. The summed E-state index contributed by atoms with van der Waals surface area (Å²) in [7, 11) is 2.07. The number of imidazole rings is 1. The minimum Gasteiger partial charge on any atom is -0.491 e. The maximum Gasteiger partial charge on any atom is 0.178 e. The van der Waals surface area contributed by atoms with Gasteiger partial charge < -0.3 is 9.30 Å². The second-order valence-electron chi connectivity index (χ2n) is 10.1. The molecule has 0 N–H and O–H groups in total. The van der Waals surface area contributed by atoms with Gasteiger partial charge in [-0.3, -0.25) is 4.68 Å². The predicted octanol–water partition coefficient (Wildman–Crippen LogP) is 5.54. The van der Waals surface area contributed by atoms with Gasteiger partial charge in [0.15, 0.2) is 5.82 Å². The van der Waals surface area contributed by atoms with Crippen molar-refractivity contribution in [3.63, 3.8) is 0 Å². The SMILES string of the molecule is Cc1nc(-c2cn3c(n2)-c2ccc(-c4cnn(C)c4C4CCCCC4)cc2OCC3)n(C(C)C)n1. The molecule has 4 aromatic rings. The molecule has 1 fully saturated rings. The third-order valence-electron chi connectivity index (χ3n) is 7.33. The zero-order chi connectivity index (χ0) is 24.1. The van der Waals surface area contributed by atoms with Gasteiger partial charge in [0, 0.05) is 36.5 Å². The first-order valence-corrected chi connectivity index (χ1v) is 12.8. The molecule has 1 aliphatic heterocycles. The molecular formula is C27H33N7O. The number of fused-ring (bicyclic) bond motifs is 3. The highest BCUT2D eigenvalue weighted by molar-refractivity contribution is 5.76. The van der Waals surface area contributed by atoms with Crippen molar-refractivity contribution in [2.75, 3.05) is 6.61 Å². The molecule has 182 valence electrons. The number of nitrogens with zero attached hydrogens (tertiary/aromatic N) is 7. The van der Waals surface area contributed by atoms with E-state index >= 15 is 0 Å². The third-order valence-corrected chi connectivity index (χ3v) is 7.33. The summed E-state index contributed by atoms with van der Waals surface area (Å²) >= 11 is 0. The van der Waals surface area contributed by atoms with E-state index in [0.29, 0.717) is 12.5 Å². The molecule has 0 bridgehead atoms. The molecule has 0 saturated heterocycles. The van der Waals surface area contributed by atoms with Crippen LogP contribution in [0, 0.1) is 6.92 Å². The Kier molecular flexibility index (Phi) is 5.46. The van der Waals surface area contributed by atoms with E-state index < -0.39 is 0 Å². The lowest BCUT2D eigenvalue weighted by molar-refractivity contribution is 0.307. The molecule has 0 radical (unpaired) electrons. The highest BCUT2D eigenvalue weighted by atomic mass is 16.5. The summed E-state index contributed by atoms with van der Waals surface area (Å²) in [5, 5.41) is 9.21. The molecule has 0 unspecified atom stereocenters. The Bertz CT molecular complexity index is 1370. The lowest BCUT2D eigenvalue weighted by Gasteiger charge is -2.23. The summed E-state index contributed by atoms with van der Waals surface area (Å²) in [5.41, 5.74) is 5.59. The van der Waals surface area contributed by atoms with Gasteiger partial charge in [0.25, 0.3) is 0 Å². The average molecular weight is 472 g/mol. The summed E-state index contributed by atoms with van der Waals surface area (Å²) in [6.07, 6.45) is 10.5. The molecule has 1 aliphatic carbocycles. The first-order valence-electron chi connectivity index (χ1n) is 12.8. The van der Waals surface area contributed by atoms with Crippen molar-refractivity contribution in [3.05, 3.63) is 42.1 Å². The summed E-state index contributed by atoms with van der Waals surface area (Å²) in [5.74, 6) is 3.93. The lowest BCUT2D eigenvalue weighted by atomic mass is 9.84. The predicted molar refractivity (Wildman–Crippen MR) is 135 cm³/mol. The molecule has 8 heteroatoms. The Labute approximate surface area is 206 Å². The minimum absolute atomic E-state index is 0.212. The maximum absolute atomic E-state index is 6.23. The van der Waals surface area contributed by atoms with Crippen LogP contribution in [0.25, 0.3) is 34.0 Å². The summed E-state index contributed by atoms with van der Waals surface area (Å²) in [4.78, 5) is 9.69. The fourth-order valence-corrected chi connectivity index (χ4v) is 5.65. The number of rotatable bonds is 4. The summed E-state index contributed by atoms with van der Waals surface area (Å²) in [6, 6.07) is 6.72. The van der Waals surface area contributed by atoms with E-state index in [1.807, 2.05) is 17.8 Å². The molecule has 0 amide bonds. The Morgan fingerprint density at radius 2 is 1.86 bits per heavy atom. The molecule has 3 aromatic heterocycles. The van der Waals surface area contributed by atoms with Crippen LogP contribution in [0.2, 0.25) is 0 Å². The smallest absolute Gasteiger partial charge is 0.178 e. The fraction of sp³-hybridized carbons (Fsp3) is 0.481. The number of hydrogen-bond donors (Lipinski definition) is 0. The number of hydrogen-bond acceptors (Lipinski definition) is 5. The van der Waals surface area contributed by atoms with Crippen LogP contribution < -0.4 is 4.74 Å². The van der Waals surface area contributed by atoms with E-state index in [4.69, 9.17) is 9.72 Å². The Balaban J connectivity index is 1.40. The Morgan fingerprint density at radius 1 is 1.03 bits per heavy atom. The Hall–Kier alpha value is -3.42. The number of aryl methyl sites for hydroxylation is 2. The minimum atomic E-state index is 0.212. The molecule has 1 saturated carbocycles. The van der Waals surface area contributed by atoms with Crippen LogP contribution in [0.4, 0.5) is 0 Å². The number of benzene rings is 1. The van der Waals surface area contributed by atoms with Crippen LogP contribution in [0.3, 0.4) is 0 Å². The molecule has 4 heterocycles. The molecule has 1 aromatic carbocycles. The topological polar surface area (TPSA) is 75.6 Å². The van der Waals surface area contributed by atoms with Crippen LogP contribution in [0.15, 0.2) is 30.6 Å². The molecule has 0 spiro atoms. The highest BCUT2D eigenvalue weighted by Gasteiger charge is 2.26. The van der Waals surface area contributed by atoms with E-state index in [1.54, 1.807) is 0 Å². The molecule has 8 nitrogen and oxygen atoms in total. The van der Waals surface area contributed by atoms with Crippen molar-refractivity contribution in [1.29, 1.82) is 0 Å². The second kappa shape index (κ2) is 8.66. The maximum atomic E-state index is 6.23.